The zero-order valence-electron chi connectivity index (χ0n) is 6.41. The topological polar surface area (TPSA) is 12.0 Å². The summed E-state index contributed by atoms with van der Waals surface area (Å²) >= 11 is 0. The smallest absolute Gasteiger partial charge is 0.0205 e. The fourth-order valence-corrected chi connectivity index (χ4v) is 1.32. The molecule has 0 amide bonds. The minimum atomic E-state index is 0.194. The predicted octanol–water partition coefficient (Wildman–Crippen LogP) is 1.60. The zero-order chi connectivity index (χ0) is 6.91. The van der Waals surface area contributed by atoms with Gasteiger partial charge >= 0.3 is 0 Å². The second-order valence-electron chi connectivity index (χ2n) is 3.34. The van der Waals surface area contributed by atoms with Gasteiger partial charge in [0.1, 0.15) is 0 Å². The Kier molecular flexibility index (Phi) is 1.80. The van der Waals surface area contributed by atoms with Crippen LogP contribution in [0.5, 0.6) is 0 Å². The monoisotopic (exact) mass is 126 g/mol. The molecule has 1 radical (unpaired) electrons. The fourth-order valence-electron chi connectivity index (χ4n) is 1.32. The van der Waals surface area contributed by atoms with Crippen molar-refractivity contribution in [3.05, 3.63) is 6.92 Å². The molecule has 0 bridgehead atoms. The zero-order valence-corrected chi connectivity index (χ0v) is 6.41. The fraction of sp³-hybridized carbons (Fsp3) is 0.875. The largest absolute Gasteiger partial charge is 0.311 e. The molecule has 1 rings (SSSR count). The molecule has 0 aromatic carbocycles. The van der Waals surface area contributed by atoms with Crippen LogP contribution in [0.4, 0.5) is 0 Å². The van der Waals surface area contributed by atoms with E-state index in [-0.39, 0.29) is 5.54 Å². The molecule has 0 aliphatic carbocycles. The molecule has 0 aromatic heterocycles. The van der Waals surface area contributed by atoms with E-state index in [1.54, 1.807) is 0 Å². The van der Waals surface area contributed by atoms with E-state index < -0.39 is 0 Å². The Balaban J connectivity index is 2.51. The van der Waals surface area contributed by atoms with Gasteiger partial charge in [-0.25, -0.2) is 0 Å². The van der Waals surface area contributed by atoms with Crippen LogP contribution in [-0.4, -0.2) is 12.1 Å². The predicted molar refractivity (Wildman–Crippen MR) is 40.2 cm³/mol. The summed E-state index contributed by atoms with van der Waals surface area (Å²) in [6.07, 6.45) is 2.53. The Morgan fingerprint density at radius 3 is 2.44 bits per heavy atom. The van der Waals surface area contributed by atoms with Gasteiger partial charge in [0.15, 0.2) is 0 Å². The minimum absolute atomic E-state index is 0.194. The van der Waals surface area contributed by atoms with E-state index in [9.17, 15) is 0 Å². The Hall–Kier alpha value is -0.0400. The lowest BCUT2D eigenvalue weighted by Crippen LogP contribution is -2.41. The maximum absolute atomic E-state index is 4.16. The number of hydrogen-bond acceptors (Lipinski definition) is 1. The molecule has 1 aliphatic rings. The maximum Gasteiger partial charge on any atom is 0.0205 e. The van der Waals surface area contributed by atoms with Gasteiger partial charge in [0, 0.05) is 5.54 Å². The Morgan fingerprint density at radius 2 is 2.22 bits per heavy atom. The highest BCUT2D eigenvalue weighted by atomic mass is 15.0. The molecule has 53 valence electrons. The summed E-state index contributed by atoms with van der Waals surface area (Å²) in [6, 6.07) is 0. The first-order chi connectivity index (χ1) is 4.15. The summed E-state index contributed by atoms with van der Waals surface area (Å²) in [6.45, 7) is 9.77. The summed E-state index contributed by atoms with van der Waals surface area (Å²) in [5, 5.41) is 3.42. The van der Waals surface area contributed by atoms with Crippen molar-refractivity contribution in [2.45, 2.75) is 32.2 Å². The van der Waals surface area contributed by atoms with Crippen molar-refractivity contribution in [3.8, 4) is 0 Å². The van der Waals surface area contributed by atoms with E-state index in [0.29, 0.717) is 5.92 Å². The SMILES string of the molecule is [CH2][C@]1(C(C)C)CCCN1. The average Bonchev–Trinajstić information content (AvgIpc) is 2.16. The first-order valence-electron chi connectivity index (χ1n) is 3.75. The van der Waals surface area contributed by atoms with Gasteiger partial charge in [-0.2, -0.15) is 0 Å². The van der Waals surface area contributed by atoms with Crippen LogP contribution in [0.2, 0.25) is 0 Å². The first kappa shape index (κ1) is 7.07. The van der Waals surface area contributed by atoms with E-state index in [4.69, 9.17) is 0 Å². The third-order valence-corrected chi connectivity index (χ3v) is 2.38. The van der Waals surface area contributed by atoms with Crippen molar-refractivity contribution in [1.82, 2.24) is 5.32 Å². The van der Waals surface area contributed by atoms with Crippen LogP contribution in [0.1, 0.15) is 26.7 Å². The third-order valence-electron chi connectivity index (χ3n) is 2.38. The molecule has 9 heavy (non-hydrogen) atoms. The molecule has 1 aliphatic heterocycles. The molecule has 1 atom stereocenters. The molecule has 1 heterocycles. The standard InChI is InChI=1S/C8H16N/c1-7(2)8(3)5-4-6-9-8/h7,9H,3-6H2,1-2H3/t8-/m1/s1. The summed E-state index contributed by atoms with van der Waals surface area (Å²) in [5.41, 5.74) is 0.194. The molecule has 1 nitrogen and oxygen atoms in total. The average molecular weight is 126 g/mol. The summed E-state index contributed by atoms with van der Waals surface area (Å²) < 4.78 is 0. The molecule has 0 unspecified atom stereocenters. The van der Waals surface area contributed by atoms with E-state index >= 15 is 0 Å². The lowest BCUT2D eigenvalue weighted by molar-refractivity contribution is 0.341. The van der Waals surface area contributed by atoms with Crippen molar-refractivity contribution in [2.24, 2.45) is 5.92 Å². The highest BCUT2D eigenvalue weighted by molar-refractivity contribution is 4.97. The summed E-state index contributed by atoms with van der Waals surface area (Å²) in [5.74, 6) is 0.667. The Bertz CT molecular complexity index is 90.7. The van der Waals surface area contributed by atoms with Crippen molar-refractivity contribution in [1.29, 1.82) is 0 Å². The quantitative estimate of drug-likeness (QED) is 0.562. The van der Waals surface area contributed by atoms with Crippen LogP contribution in [-0.2, 0) is 0 Å². The van der Waals surface area contributed by atoms with Crippen LogP contribution in [0.25, 0.3) is 0 Å². The lowest BCUT2D eigenvalue weighted by Gasteiger charge is -2.28. The van der Waals surface area contributed by atoms with Crippen LogP contribution in [0.15, 0.2) is 0 Å². The van der Waals surface area contributed by atoms with Crippen LogP contribution < -0.4 is 5.32 Å². The second kappa shape index (κ2) is 2.30. The van der Waals surface area contributed by atoms with E-state index in [2.05, 4.69) is 26.1 Å². The van der Waals surface area contributed by atoms with Crippen LogP contribution in [0, 0.1) is 12.8 Å². The number of hydrogen-bond donors (Lipinski definition) is 1. The van der Waals surface area contributed by atoms with Gasteiger partial charge in [-0.3, -0.25) is 0 Å². The van der Waals surface area contributed by atoms with Gasteiger partial charge < -0.3 is 5.32 Å². The molecule has 0 saturated carbocycles. The van der Waals surface area contributed by atoms with Crippen molar-refractivity contribution < 1.29 is 0 Å². The molecule has 1 heteroatoms. The van der Waals surface area contributed by atoms with Crippen molar-refractivity contribution >= 4 is 0 Å². The van der Waals surface area contributed by atoms with Gasteiger partial charge in [-0.1, -0.05) is 13.8 Å². The molecule has 0 spiro atoms. The van der Waals surface area contributed by atoms with E-state index in [1.165, 1.54) is 12.8 Å². The van der Waals surface area contributed by atoms with Crippen LogP contribution >= 0.6 is 0 Å². The van der Waals surface area contributed by atoms with E-state index in [0.717, 1.165) is 6.54 Å². The summed E-state index contributed by atoms with van der Waals surface area (Å²) in [7, 11) is 0. The highest BCUT2D eigenvalue weighted by Crippen LogP contribution is 2.25. The highest BCUT2D eigenvalue weighted by Gasteiger charge is 2.30. The molecular formula is C8H16N. The first-order valence-corrected chi connectivity index (χ1v) is 3.75. The van der Waals surface area contributed by atoms with Gasteiger partial charge in [-0.05, 0) is 32.2 Å². The van der Waals surface area contributed by atoms with Gasteiger partial charge in [0.25, 0.3) is 0 Å². The third kappa shape index (κ3) is 1.26. The molecule has 1 N–H and O–H groups in total. The van der Waals surface area contributed by atoms with Gasteiger partial charge in [0.05, 0.1) is 0 Å². The maximum atomic E-state index is 4.16. The van der Waals surface area contributed by atoms with Gasteiger partial charge in [0.2, 0.25) is 0 Å². The molecule has 1 saturated heterocycles. The van der Waals surface area contributed by atoms with Crippen LogP contribution in [0.3, 0.4) is 0 Å². The second-order valence-corrected chi connectivity index (χ2v) is 3.34. The van der Waals surface area contributed by atoms with Crippen molar-refractivity contribution in [3.63, 3.8) is 0 Å². The Labute approximate surface area is 57.8 Å². The van der Waals surface area contributed by atoms with Gasteiger partial charge in [-0.15, -0.1) is 0 Å². The minimum Gasteiger partial charge on any atom is -0.311 e. The number of nitrogens with one attached hydrogen (secondary N) is 1. The molecule has 1 fully saturated rings. The lowest BCUT2D eigenvalue weighted by atomic mass is 9.87. The molecular weight excluding hydrogens is 110 g/mol. The number of rotatable bonds is 1. The summed E-state index contributed by atoms with van der Waals surface area (Å²) in [4.78, 5) is 0. The molecule has 0 aromatic rings. The van der Waals surface area contributed by atoms with Crippen molar-refractivity contribution in [2.75, 3.05) is 6.54 Å². The Morgan fingerprint density at radius 1 is 1.56 bits per heavy atom. The van der Waals surface area contributed by atoms with E-state index in [1.807, 2.05) is 0 Å². The normalized spacial score (nSPS) is 36.0.